The number of benzene rings is 1. The van der Waals surface area contributed by atoms with Gasteiger partial charge in [-0.1, -0.05) is 32.9 Å². The zero-order valence-electron chi connectivity index (χ0n) is 11.8. The highest BCUT2D eigenvalue weighted by Crippen LogP contribution is 2.32. The predicted molar refractivity (Wildman–Crippen MR) is 76.3 cm³/mol. The summed E-state index contributed by atoms with van der Waals surface area (Å²) in [6.07, 6.45) is -3.05. The molecule has 0 radical (unpaired) electrons. The average molecular weight is 316 g/mol. The molecule has 1 heterocycles. The molecule has 114 valence electrons. The van der Waals surface area contributed by atoms with Crippen molar-refractivity contribution in [3.63, 3.8) is 0 Å². The summed E-state index contributed by atoms with van der Waals surface area (Å²) < 4.78 is 43.6. The van der Waals surface area contributed by atoms with E-state index in [9.17, 15) is 13.2 Å². The van der Waals surface area contributed by atoms with Gasteiger partial charge in [0, 0.05) is 17.3 Å². The molecular weight excluding hydrogens is 301 g/mol. The molecule has 2 aromatic rings. The molecule has 0 saturated carbocycles. The number of ether oxygens (including phenoxy) is 1. The summed E-state index contributed by atoms with van der Waals surface area (Å²) in [6.45, 7) is 5.86. The molecule has 0 saturated heterocycles. The van der Waals surface area contributed by atoms with Gasteiger partial charge < -0.3 is 9.72 Å². The highest BCUT2D eigenvalue weighted by atomic mass is 32.1. The maximum atomic E-state index is 12.5. The number of H-pyrrole nitrogens is 1. The minimum atomic E-state index is -4.75. The van der Waals surface area contributed by atoms with Crippen LogP contribution in [-0.4, -0.2) is 15.9 Å². The van der Waals surface area contributed by atoms with Crippen molar-refractivity contribution in [1.29, 1.82) is 0 Å². The smallest absolute Gasteiger partial charge is 0.404 e. The Morgan fingerprint density at radius 3 is 2.33 bits per heavy atom. The molecule has 0 amide bonds. The van der Waals surface area contributed by atoms with Crippen LogP contribution in [-0.2, 0) is 5.41 Å². The van der Waals surface area contributed by atoms with Crippen LogP contribution in [0.25, 0.3) is 5.69 Å². The molecule has 0 aliphatic carbocycles. The number of alkyl halides is 3. The number of para-hydroxylation sites is 2. The number of nitrogens with zero attached hydrogens (tertiary/aromatic N) is 1. The summed E-state index contributed by atoms with van der Waals surface area (Å²) in [4.78, 5) is 2.87. The number of aromatic nitrogens is 2. The first-order chi connectivity index (χ1) is 9.59. The molecule has 2 rings (SSSR count). The van der Waals surface area contributed by atoms with Gasteiger partial charge >= 0.3 is 6.36 Å². The topological polar surface area (TPSA) is 29.9 Å². The third kappa shape index (κ3) is 3.47. The molecule has 0 atom stereocenters. The SMILES string of the molecule is CC(C)(C)c1c[nH]c(=S)n1-c1ccccc1OC(F)(F)F. The molecular formula is C14H15F3N2OS. The number of rotatable bonds is 2. The van der Waals surface area contributed by atoms with Crippen LogP contribution in [0.15, 0.2) is 30.5 Å². The van der Waals surface area contributed by atoms with Crippen molar-refractivity contribution in [2.75, 3.05) is 0 Å². The van der Waals surface area contributed by atoms with Crippen molar-refractivity contribution >= 4 is 12.2 Å². The zero-order valence-corrected chi connectivity index (χ0v) is 12.6. The van der Waals surface area contributed by atoms with Crippen LogP contribution in [0.1, 0.15) is 26.5 Å². The highest BCUT2D eigenvalue weighted by Gasteiger charge is 2.33. The van der Waals surface area contributed by atoms with E-state index in [4.69, 9.17) is 12.2 Å². The Kier molecular flexibility index (Phi) is 3.88. The Hall–Kier alpha value is -1.76. The van der Waals surface area contributed by atoms with Crippen molar-refractivity contribution in [2.45, 2.75) is 32.5 Å². The van der Waals surface area contributed by atoms with Crippen LogP contribution in [0.2, 0.25) is 0 Å². The molecule has 21 heavy (non-hydrogen) atoms. The Morgan fingerprint density at radius 1 is 1.14 bits per heavy atom. The number of nitrogens with one attached hydrogen (secondary N) is 1. The summed E-state index contributed by atoms with van der Waals surface area (Å²) in [5, 5.41) is 0. The maximum absolute atomic E-state index is 12.5. The van der Waals surface area contributed by atoms with Crippen LogP contribution in [0.4, 0.5) is 13.2 Å². The number of hydrogen-bond donors (Lipinski definition) is 1. The second kappa shape index (κ2) is 5.22. The van der Waals surface area contributed by atoms with Crippen molar-refractivity contribution < 1.29 is 17.9 Å². The lowest BCUT2D eigenvalue weighted by Gasteiger charge is -2.22. The summed E-state index contributed by atoms with van der Waals surface area (Å²) in [5.41, 5.74) is 0.732. The fourth-order valence-corrected chi connectivity index (χ4v) is 2.27. The zero-order chi connectivity index (χ0) is 15.8. The number of hydrogen-bond acceptors (Lipinski definition) is 2. The van der Waals surface area contributed by atoms with Gasteiger partial charge in [-0.05, 0) is 24.4 Å². The van der Waals surface area contributed by atoms with Crippen molar-refractivity contribution in [3.8, 4) is 11.4 Å². The Labute approximate surface area is 125 Å². The van der Waals surface area contributed by atoms with Gasteiger partial charge in [0.15, 0.2) is 10.5 Å². The van der Waals surface area contributed by atoms with Gasteiger partial charge in [0.05, 0.1) is 5.69 Å². The van der Waals surface area contributed by atoms with Gasteiger partial charge in [-0.2, -0.15) is 0 Å². The number of imidazole rings is 1. The van der Waals surface area contributed by atoms with E-state index in [1.165, 1.54) is 12.1 Å². The van der Waals surface area contributed by atoms with Crippen molar-refractivity contribution in [2.24, 2.45) is 0 Å². The fraction of sp³-hybridized carbons (Fsp3) is 0.357. The predicted octanol–water partition coefficient (Wildman–Crippen LogP) is 4.73. The Morgan fingerprint density at radius 2 is 1.76 bits per heavy atom. The lowest BCUT2D eigenvalue weighted by atomic mass is 9.92. The standard InChI is InChI=1S/C14H15F3N2OS/c1-13(2,3)11-8-18-12(21)19(11)9-6-4-5-7-10(9)20-14(15,16)17/h4-8H,1-3H3,(H,18,21). The molecule has 0 aliphatic heterocycles. The third-order valence-corrected chi connectivity index (χ3v) is 3.18. The van der Waals surface area contributed by atoms with E-state index in [1.807, 2.05) is 20.8 Å². The molecule has 1 N–H and O–H groups in total. The van der Waals surface area contributed by atoms with E-state index >= 15 is 0 Å². The van der Waals surface area contributed by atoms with E-state index in [2.05, 4.69) is 9.72 Å². The van der Waals surface area contributed by atoms with Crippen molar-refractivity contribution in [3.05, 3.63) is 40.9 Å². The maximum Gasteiger partial charge on any atom is 0.573 e. The molecule has 0 unspecified atom stereocenters. The second-order valence-electron chi connectivity index (χ2n) is 5.58. The van der Waals surface area contributed by atoms with Gasteiger partial charge in [-0.3, -0.25) is 4.57 Å². The van der Waals surface area contributed by atoms with E-state index in [0.29, 0.717) is 4.77 Å². The fourth-order valence-electron chi connectivity index (χ4n) is 2.01. The minimum Gasteiger partial charge on any atom is -0.404 e. The van der Waals surface area contributed by atoms with Crippen LogP contribution in [0.3, 0.4) is 0 Å². The molecule has 0 spiro atoms. The number of halogens is 3. The summed E-state index contributed by atoms with van der Waals surface area (Å²) in [5.74, 6) is -0.286. The van der Waals surface area contributed by atoms with Crippen LogP contribution in [0, 0.1) is 4.77 Å². The first-order valence-electron chi connectivity index (χ1n) is 6.25. The molecule has 1 aromatic heterocycles. The summed E-state index contributed by atoms with van der Waals surface area (Å²) in [7, 11) is 0. The minimum absolute atomic E-state index is 0.256. The summed E-state index contributed by atoms with van der Waals surface area (Å²) >= 11 is 5.20. The monoisotopic (exact) mass is 316 g/mol. The van der Waals surface area contributed by atoms with Crippen LogP contribution >= 0.6 is 12.2 Å². The van der Waals surface area contributed by atoms with Crippen LogP contribution < -0.4 is 4.74 Å². The van der Waals surface area contributed by atoms with Gasteiger partial charge in [0.25, 0.3) is 0 Å². The van der Waals surface area contributed by atoms with Crippen molar-refractivity contribution in [1.82, 2.24) is 9.55 Å². The molecule has 3 nitrogen and oxygen atoms in total. The first kappa shape index (κ1) is 15.6. The largest absolute Gasteiger partial charge is 0.573 e. The van der Waals surface area contributed by atoms with E-state index < -0.39 is 6.36 Å². The molecule has 0 fully saturated rings. The lowest BCUT2D eigenvalue weighted by molar-refractivity contribution is -0.274. The van der Waals surface area contributed by atoms with Gasteiger partial charge in [-0.15, -0.1) is 13.2 Å². The van der Waals surface area contributed by atoms with E-state index in [0.717, 1.165) is 5.69 Å². The van der Waals surface area contributed by atoms with Gasteiger partial charge in [0.1, 0.15) is 0 Å². The first-order valence-corrected chi connectivity index (χ1v) is 6.66. The normalized spacial score (nSPS) is 12.5. The van der Waals surface area contributed by atoms with E-state index in [-0.39, 0.29) is 16.9 Å². The molecule has 7 heteroatoms. The average Bonchev–Trinajstić information content (AvgIpc) is 2.69. The Balaban J connectivity index is 2.64. The van der Waals surface area contributed by atoms with Gasteiger partial charge in [-0.25, -0.2) is 0 Å². The summed E-state index contributed by atoms with van der Waals surface area (Å²) in [6, 6.07) is 5.93. The number of aromatic amines is 1. The molecule has 1 aromatic carbocycles. The highest BCUT2D eigenvalue weighted by molar-refractivity contribution is 7.71. The molecule has 0 aliphatic rings. The molecule has 0 bridgehead atoms. The third-order valence-electron chi connectivity index (χ3n) is 2.88. The lowest BCUT2D eigenvalue weighted by Crippen LogP contribution is -2.20. The quantitative estimate of drug-likeness (QED) is 0.812. The van der Waals surface area contributed by atoms with E-state index in [1.54, 1.807) is 22.9 Å². The Bertz CT molecular complexity index is 695. The van der Waals surface area contributed by atoms with Gasteiger partial charge in [0.2, 0.25) is 0 Å². The van der Waals surface area contributed by atoms with Crippen LogP contribution in [0.5, 0.6) is 5.75 Å². The second-order valence-corrected chi connectivity index (χ2v) is 5.97.